The Morgan fingerprint density at radius 1 is 1.47 bits per heavy atom. The molecule has 0 aromatic rings. The second-order valence-corrected chi connectivity index (χ2v) is 3.54. The molecular weight excluding hydrogens is 194 g/mol. The Balaban J connectivity index is 2.57. The van der Waals surface area contributed by atoms with E-state index in [1.165, 1.54) is 4.90 Å². The van der Waals surface area contributed by atoms with Crippen molar-refractivity contribution in [3.63, 3.8) is 0 Å². The Morgan fingerprint density at radius 2 is 2.07 bits per heavy atom. The maximum absolute atomic E-state index is 11.8. The number of amides is 1. The maximum atomic E-state index is 11.8. The smallest absolute Gasteiger partial charge is 0.323 e. The standard InChI is InChI=1S/C11H15NO3/c1-2-7-12(8-10(13)14)11(15)9-5-3-4-6-9/h2-4,9H,1,5-8H2,(H,13,14). The summed E-state index contributed by atoms with van der Waals surface area (Å²) in [4.78, 5) is 23.7. The van der Waals surface area contributed by atoms with E-state index >= 15 is 0 Å². The maximum Gasteiger partial charge on any atom is 0.323 e. The third-order valence-corrected chi connectivity index (χ3v) is 2.34. The van der Waals surface area contributed by atoms with Crippen LogP contribution in [0, 0.1) is 5.92 Å². The van der Waals surface area contributed by atoms with Crippen molar-refractivity contribution in [1.82, 2.24) is 4.90 Å². The van der Waals surface area contributed by atoms with Crippen molar-refractivity contribution in [2.75, 3.05) is 13.1 Å². The van der Waals surface area contributed by atoms with Crippen LogP contribution in [0.15, 0.2) is 24.8 Å². The first-order valence-corrected chi connectivity index (χ1v) is 4.91. The topological polar surface area (TPSA) is 57.6 Å². The molecule has 0 radical (unpaired) electrons. The lowest BCUT2D eigenvalue weighted by molar-refractivity contribution is -0.145. The van der Waals surface area contributed by atoms with Crippen LogP contribution in [0.4, 0.5) is 0 Å². The molecule has 0 aromatic heterocycles. The van der Waals surface area contributed by atoms with E-state index in [4.69, 9.17) is 5.11 Å². The molecule has 0 unspecified atom stereocenters. The Kier molecular flexibility index (Phi) is 4.09. The molecule has 1 N–H and O–H groups in total. The van der Waals surface area contributed by atoms with Crippen LogP contribution in [-0.4, -0.2) is 35.0 Å². The normalized spacial score (nSPS) is 15.2. The van der Waals surface area contributed by atoms with Crippen LogP contribution in [0.25, 0.3) is 0 Å². The van der Waals surface area contributed by atoms with Crippen LogP contribution in [0.1, 0.15) is 12.8 Å². The highest BCUT2D eigenvalue weighted by Crippen LogP contribution is 2.20. The van der Waals surface area contributed by atoms with Gasteiger partial charge in [-0.3, -0.25) is 9.59 Å². The molecule has 4 nitrogen and oxygen atoms in total. The average Bonchev–Trinajstić information content (AvgIpc) is 2.68. The zero-order valence-electron chi connectivity index (χ0n) is 8.56. The van der Waals surface area contributed by atoms with Gasteiger partial charge in [0, 0.05) is 12.5 Å². The summed E-state index contributed by atoms with van der Waals surface area (Å²) >= 11 is 0. The van der Waals surface area contributed by atoms with Crippen LogP contribution < -0.4 is 0 Å². The summed E-state index contributed by atoms with van der Waals surface area (Å²) in [5, 5.41) is 8.66. The number of carboxylic acids is 1. The first-order chi connectivity index (χ1) is 7.15. The number of aliphatic carboxylic acids is 1. The van der Waals surface area contributed by atoms with Gasteiger partial charge in [-0.2, -0.15) is 0 Å². The Morgan fingerprint density at radius 3 is 2.53 bits per heavy atom. The Bertz CT molecular complexity index is 288. The SMILES string of the molecule is C=CCN(CC(=O)O)C(=O)C1CC=CC1. The van der Waals surface area contributed by atoms with Crippen molar-refractivity contribution in [1.29, 1.82) is 0 Å². The molecule has 4 heteroatoms. The summed E-state index contributed by atoms with van der Waals surface area (Å²) in [6.07, 6.45) is 6.88. The molecule has 15 heavy (non-hydrogen) atoms. The molecule has 0 aromatic carbocycles. The van der Waals surface area contributed by atoms with Crippen LogP contribution in [0.5, 0.6) is 0 Å². The molecule has 82 valence electrons. The van der Waals surface area contributed by atoms with E-state index < -0.39 is 5.97 Å². The number of carbonyl (C=O) groups is 2. The molecule has 1 aliphatic carbocycles. The Hall–Kier alpha value is -1.58. The molecule has 0 heterocycles. The van der Waals surface area contributed by atoms with Gasteiger partial charge in [0.2, 0.25) is 5.91 Å². The quantitative estimate of drug-likeness (QED) is 0.688. The van der Waals surface area contributed by atoms with E-state index in [1.54, 1.807) is 6.08 Å². The minimum Gasteiger partial charge on any atom is -0.480 e. The number of hydrogen-bond donors (Lipinski definition) is 1. The average molecular weight is 209 g/mol. The van der Waals surface area contributed by atoms with Gasteiger partial charge in [0.15, 0.2) is 0 Å². The number of carbonyl (C=O) groups excluding carboxylic acids is 1. The molecule has 0 fully saturated rings. The van der Waals surface area contributed by atoms with Crippen molar-refractivity contribution >= 4 is 11.9 Å². The summed E-state index contributed by atoms with van der Waals surface area (Å²) in [7, 11) is 0. The van der Waals surface area contributed by atoms with E-state index in [2.05, 4.69) is 6.58 Å². The van der Waals surface area contributed by atoms with Gasteiger partial charge in [-0.15, -0.1) is 6.58 Å². The zero-order valence-corrected chi connectivity index (χ0v) is 8.56. The van der Waals surface area contributed by atoms with Crippen molar-refractivity contribution in [2.24, 2.45) is 5.92 Å². The molecule has 1 aliphatic rings. The summed E-state index contributed by atoms with van der Waals surface area (Å²) < 4.78 is 0. The second kappa shape index (κ2) is 5.34. The van der Waals surface area contributed by atoms with Gasteiger partial charge in [-0.05, 0) is 12.8 Å². The van der Waals surface area contributed by atoms with Crippen molar-refractivity contribution in [2.45, 2.75) is 12.8 Å². The lowest BCUT2D eigenvalue weighted by atomic mass is 10.1. The van der Waals surface area contributed by atoms with E-state index in [9.17, 15) is 9.59 Å². The fourth-order valence-electron chi connectivity index (χ4n) is 1.63. The first kappa shape index (κ1) is 11.5. The minimum atomic E-state index is -0.990. The predicted molar refractivity (Wildman–Crippen MR) is 56.3 cm³/mol. The van der Waals surface area contributed by atoms with Gasteiger partial charge < -0.3 is 10.0 Å². The third-order valence-electron chi connectivity index (χ3n) is 2.34. The largest absolute Gasteiger partial charge is 0.480 e. The Labute approximate surface area is 88.9 Å². The molecular formula is C11H15NO3. The first-order valence-electron chi connectivity index (χ1n) is 4.91. The van der Waals surface area contributed by atoms with Gasteiger partial charge in [-0.25, -0.2) is 0 Å². The fraction of sp³-hybridized carbons (Fsp3) is 0.455. The molecule has 1 rings (SSSR count). The molecule has 0 saturated heterocycles. The molecule has 0 saturated carbocycles. The number of carboxylic acid groups (broad SMARTS) is 1. The van der Waals surface area contributed by atoms with Crippen molar-refractivity contribution in [3.8, 4) is 0 Å². The minimum absolute atomic E-state index is 0.0794. The molecule has 1 amide bonds. The monoisotopic (exact) mass is 209 g/mol. The number of allylic oxidation sites excluding steroid dienone is 2. The van der Waals surface area contributed by atoms with Gasteiger partial charge in [0.1, 0.15) is 6.54 Å². The van der Waals surface area contributed by atoms with Gasteiger partial charge in [-0.1, -0.05) is 18.2 Å². The number of rotatable bonds is 5. The second-order valence-electron chi connectivity index (χ2n) is 3.54. The van der Waals surface area contributed by atoms with E-state index in [1.807, 2.05) is 12.2 Å². The zero-order chi connectivity index (χ0) is 11.3. The molecule has 0 spiro atoms. The number of nitrogens with zero attached hydrogens (tertiary/aromatic N) is 1. The van der Waals surface area contributed by atoms with Crippen LogP contribution in [-0.2, 0) is 9.59 Å². The summed E-state index contributed by atoms with van der Waals surface area (Å²) in [6, 6.07) is 0. The number of hydrogen-bond acceptors (Lipinski definition) is 2. The van der Waals surface area contributed by atoms with Crippen LogP contribution in [0.2, 0.25) is 0 Å². The van der Waals surface area contributed by atoms with Crippen molar-refractivity contribution in [3.05, 3.63) is 24.8 Å². The van der Waals surface area contributed by atoms with E-state index in [-0.39, 0.29) is 18.4 Å². The molecule has 0 aliphatic heterocycles. The van der Waals surface area contributed by atoms with Gasteiger partial charge >= 0.3 is 5.97 Å². The summed E-state index contributed by atoms with van der Waals surface area (Å²) in [5.41, 5.74) is 0. The van der Waals surface area contributed by atoms with Gasteiger partial charge in [0.25, 0.3) is 0 Å². The summed E-state index contributed by atoms with van der Waals surface area (Å²) in [6.45, 7) is 3.56. The van der Waals surface area contributed by atoms with E-state index in [0.29, 0.717) is 19.4 Å². The fourth-order valence-corrected chi connectivity index (χ4v) is 1.63. The van der Waals surface area contributed by atoms with Crippen LogP contribution in [0.3, 0.4) is 0 Å². The highest BCUT2D eigenvalue weighted by molar-refractivity contribution is 5.83. The lowest BCUT2D eigenvalue weighted by Gasteiger charge is -2.22. The molecule has 0 bridgehead atoms. The van der Waals surface area contributed by atoms with Gasteiger partial charge in [0.05, 0.1) is 0 Å². The third kappa shape index (κ3) is 3.23. The van der Waals surface area contributed by atoms with Crippen molar-refractivity contribution < 1.29 is 14.7 Å². The van der Waals surface area contributed by atoms with E-state index in [0.717, 1.165) is 0 Å². The lowest BCUT2D eigenvalue weighted by Crippen LogP contribution is -2.39. The molecule has 0 atom stereocenters. The highest BCUT2D eigenvalue weighted by atomic mass is 16.4. The van der Waals surface area contributed by atoms with Crippen LogP contribution >= 0.6 is 0 Å². The predicted octanol–water partition coefficient (Wildman–Crippen LogP) is 1.05. The highest BCUT2D eigenvalue weighted by Gasteiger charge is 2.25. The summed E-state index contributed by atoms with van der Waals surface area (Å²) in [5.74, 6) is -1.16.